The summed E-state index contributed by atoms with van der Waals surface area (Å²) in [7, 11) is -4.69. The molecule has 1 aliphatic heterocycles. The molecule has 7 N–H and O–H groups in total. The number of hydrogen-bond acceptors (Lipinski definition) is 6. The highest BCUT2D eigenvalue weighted by Gasteiger charge is 2.45. The minimum Gasteiger partial charge on any atom is -0.394 e. The average molecular weight is 259 g/mol. The van der Waals surface area contributed by atoms with Gasteiger partial charge in [0.05, 0.1) is 12.6 Å². The van der Waals surface area contributed by atoms with E-state index in [1.54, 1.807) is 5.09 Å². The second kappa shape index (κ2) is 5.05. The predicted octanol–water partition coefficient (Wildman–Crippen LogP) is -3.53. The van der Waals surface area contributed by atoms with E-state index < -0.39 is 45.0 Å². The first-order valence-corrected chi connectivity index (χ1v) is 6.01. The third-order valence-corrected chi connectivity index (χ3v) is 2.85. The van der Waals surface area contributed by atoms with Crippen molar-refractivity contribution in [2.45, 2.75) is 30.6 Å². The van der Waals surface area contributed by atoms with Crippen LogP contribution in [0, 0.1) is 0 Å². The van der Waals surface area contributed by atoms with Gasteiger partial charge in [-0.15, -0.1) is 0 Å². The zero-order chi connectivity index (χ0) is 12.5. The number of rotatable bonds is 3. The second-order valence-corrected chi connectivity index (χ2v) is 4.77. The number of ether oxygens (including phenoxy) is 1. The van der Waals surface area contributed by atoms with Crippen molar-refractivity contribution in [2.75, 3.05) is 6.61 Å². The van der Waals surface area contributed by atoms with Gasteiger partial charge in [0.2, 0.25) is 0 Å². The average Bonchev–Trinajstić information content (AvgIpc) is 2.17. The van der Waals surface area contributed by atoms with E-state index in [-0.39, 0.29) is 0 Å². The molecule has 5 atom stereocenters. The Labute approximate surface area is 90.5 Å². The molecule has 9 nitrogen and oxygen atoms in total. The van der Waals surface area contributed by atoms with Crippen molar-refractivity contribution >= 4 is 7.75 Å². The molecule has 0 saturated carbocycles. The van der Waals surface area contributed by atoms with Crippen LogP contribution < -0.4 is 5.09 Å². The Bertz CT molecular complexity index is 282. The molecule has 10 heteroatoms. The SMILES string of the molecule is O=P(O)(O)NC1C(O)OC(CO)C(O)C1O. The highest BCUT2D eigenvalue weighted by molar-refractivity contribution is 7.49. The largest absolute Gasteiger partial charge is 0.400 e. The van der Waals surface area contributed by atoms with Crippen LogP contribution >= 0.6 is 7.75 Å². The molecular weight excluding hydrogens is 245 g/mol. The molecule has 0 radical (unpaired) electrons. The predicted molar refractivity (Wildman–Crippen MR) is 48.9 cm³/mol. The van der Waals surface area contributed by atoms with Crippen LogP contribution in [0.3, 0.4) is 0 Å². The first kappa shape index (κ1) is 14.0. The fourth-order valence-electron chi connectivity index (χ4n) is 1.43. The van der Waals surface area contributed by atoms with Crippen molar-refractivity contribution in [2.24, 2.45) is 0 Å². The molecule has 0 spiro atoms. The van der Waals surface area contributed by atoms with Gasteiger partial charge in [-0.1, -0.05) is 0 Å². The van der Waals surface area contributed by atoms with E-state index in [1.807, 2.05) is 0 Å². The van der Waals surface area contributed by atoms with Gasteiger partial charge in [-0.3, -0.25) is 0 Å². The summed E-state index contributed by atoms with van der Waals surface area (Å²) in [6, 6.07) is -1.54. The van der Waals surface area contributed by atoms with Gasteiger partial charge >= 0.3 is 7.75 Å². The highest BCUT2D eigenvalue weighted by Crippen LogP contribution is 2.32. The van der Waals surface area contributed by atoms with Crippen LogP contribution in [0.5, 0.6) is 0 Å². The van der Waals surface area contributed by atoms with Crippen LogP contribution in [0.25, 0.3) is 0 Å². The maximum Gasteiger partial charge on any atom is 0.400 e. The van der Waals surface area contributed by atoms with E-state index in [0.717, 1.165) is 0 Å². The van der Waals surface area contributed by atoms with E-state index in [0.29, 0.717) is 0 Å². The molecule has 1 fully saturated rings. The molecule has 0 amide bonds. The summed E-state index contributed by atoms with van der Waals surface area (Å²) in [6.45, 7) is -0.641. The molecule has 1 aliphatic rings. The first-order chi connectivity index (χ1) is 7.26. The quantitative estimate of drug-likeness (QED) is 0.255. The van der Waals surface area contributed by atoms with Crippen LogP contribution in [0.1, 0.15) is 0 Å². The van der Waals surface area contributed by atoms with Crippen LogP contribution in [-0.4, -0.2) is 67.5 Å². The fraction of sp³-hybridized carbons (Fsp3) is 1.00. The molecule has 0 bridgehead atoms. The lowest BCUT2D eigenvalue weighted by Gasteiger charge is -2.40. The van der Waals surface area contributed by atoms with Gasteiger partial charge in [-0.2, -0.15) is 0 Å². The van der Waals surface area contributed by atoms with Gasteiger partial charge in [0.25, 0.3) is 0 Å². The molecule has 0 aromatic heterocycles. The zero-order valence-corrected chi connectivity index (χ0v) is 8.94. The minimum absolute atomic E-state index is 0.641. The summed E-state index contributed by atoms with van der Waals surface area (Å²) >= 11 is 0. The lowest BCUT2D eigenvalue weighted by molar-refractivity contribution is -0.252. The molecule has 0 aromatic carbocycles. The van der Waals surface area contributed by atoms with Crippen molar-refractivity contribution in [1.29, 1.82) is 0 Å². The number of aliphatic hydroxyl groups excluding tert-OH is 4. The summed E-state index contributed by atoms with van der Waals surface area (Å²) in [5, 5.41) is 38.5. The molecule has 1 saturated heterocycles. The normalized spacial score (nSPS) is 41.0. The third-order valence-electron chi connectivity index (χ3n) is 2.22. The Morgan fingerprint density at radius 2 is 1.75 bits per heavy atom. The standard InChI is InChI=1S/C6H14NO8P/c8-1-2-4(9)5(10)3(6(11)15-2)7-16(12,13)14/h2-6,8-11H,1H2,(H3,7,12,13,14). The third kappa shape index (κ3) is 3.20. The Morgan fingerprint density at radius 1 is 1.19 bits per heavy atom. The number of hydrogen-bond donors (Lipinski definition) is 7. The highest BCUT2D eigenvalue weighted by atomic mass is 31.2. The molecule has 1 heterocycles. The van der Waals surface area contributed by atoms with Gasteiger partial charge in [0.1, 0.15) is 18.3 Å². The maximum atomic E-state index is 10.6. The van der Waals surface area contributed by atoms with Gasteiger partial charge in [0.15, 0.2) is 6.29 Å². The van der Waals surface area contributed by atoms with Gasteiger partial charge < -0.3 is 34.9 Å². The van der Waals surface area contributed by atoms with Gasteiger partial charge in [-0.25, -0.2) is 9.65 Å². The van der Waals surface area contributed by atoms with Crippen molar-refractivity contribution < 1.29 is 39.5 Å². The minimum atomic E-state index is -4.69. The Hall–Kier alpha value is -0.0900. The molecular formula is C6H14NO8P. The van der Waals surface area contributed by atoms with Gasteiger partial charge in [-0.05, 0) is 0 Å². The van der Waals surface area contributed by atoms with E-state index in [9.17, 15) is 19.9 Å². The van der Waals surface area contributed by atoms with Crippen molar-refractivity contribution in [3.8, 4) is 0 Å². The second-order valence-electron chi connectivity index (χ2n) is 3.43. The van der Waals surface area contributed by atoms with Crippen molar-refractivity contribution in [3.05, 3.63) is 0 Å². The van der Waals surface area contributed by atoms with E-state index in [2.05, 4.69) is 4.74 Å². The summed E-state index contributed by atoms with van der Waals surface area (Å²) < 4.78 is 15.3. The Kier molecular flexibility index (Phi) is 4.41. The van der Waals surface area contributed by atoms with Crippen molar-refractivity contribution in [3.63, 3.8) is 0 Å². The lowest BCUT2D eigenvalue weighted by Crippen LogP contribution is -2.62. The van der Waals surface area contributed by atoms with Crippen LogP contribution in [0.4, 0.5) is 0 Å². The zero-order valence-electron chi connectivity index (χ0n) is 8.04. The van der Waals surface area contributed by atoms with E-state index in [4.69, 9.17) is 14.9 Å². The summed E-state index contributed by atoms with van der Waals surface area (Å²) in [6.07, 6.45) is -6.19. The topological polar surface area (TPSA) is 160 Å². The molecule has 0 aliphatic carbocycles. The van der Waals surface area contributed by atoms with Crippen molar-refractivity contribution in [1.82, 2.24) is 5.09 Å². The van der Waals surface area contributed by atoms with Crippen LogP contribution in [-0.2, 0) is 9.30 Å². The Balaban J connectivity index is 2.76. The summed E-state index contributed by atoms with van der Waals surface area (Å²) in [5.74, 6) is 0. The summed E-state index contributed by atoms with van der Waals surface area (Å²) in [4.78, 5) is 17.2. The molecule has 5 unspecified atom stereocenters. The lowest BCUT2D eigenvalue weighted by atomic mass is 9.98. The summed E-state index contributed by atoms with van der Waals surface area (Å²) in [5.41, 5.74) is 0. The number of nitrogens with one attached hydrogen (secondary N) is 1. The first-order valence-electron chi connectivity index (χ1n) is 4.40. The molecule has 0 aromatic rings. The smallest absolute Gasteiger partial charge is 0.394 e. The maximum absolute atomic E-state index is 10.6. The molecule has 1 rings (SSSR count). The van der Waals surface area contributed by atoms with E-state index >= 15 is 0 Å². The Morgan fingerprint density at radius 3 is 2.19 bits per heavy atom. The number of aliphatic hydroxyl groups is 4. The monoisotopic (exact) mass is 259 g/mol. The van der Waals surface area contributed by atoms with Gasteiger partial charge in [0, 0.05) is 0 Å². The molecule has 96 valence electrons. The van der Waals surface area contributed by atoms with Crippen LogP contribution in [0.15, 0.2) is 0 Å². The molecule has 16 heavy (non-hydrogen) atoms. The fourth-order valence-corrected chi connectivity index (χ4v) is 2.10. The van der Waals surface area contributed by atoms with Crippen LogP contribution in [0.2, 0.25) is 0 Å². The van der Waals surface area contributed by atoms with E-state index in [1.165, 1.54) is 0 Å².